The molecule has 3 N–H and O–H groups in total. The molecule has 0 radical (unpaired) electrons. The number of nitrogens with one attached hydrogen (secondary N) is 1. The molecule has 4 aromatic rings. The summed E-state index contributed by atoms with van der Waals surface area (Å²) < 4.78 is 1.98. The van der Waals surface area contributed by atoms with Crippen LogP contribution in [0.5, 0.6) is 0 Å². The fourth-order valence-corrected chi connectivity index (χ4v) is 3.77. The number of imidazole rings is 1. The van der Waals surface area contributed by atoms with Crippen molar-refractivity contribution >= 4 is 23.1 Å². The lowest BCUT2D eigenvalue weighted by atomic mass is 10.1. The third-order valence-electron chi connectivity index (χ3n) is 5.78. The molecule has 1 unspecified atom stereocenters. The SMILES string of the molecule is CCCc1ccnc(NC(=O)c2ccc(-c3nc(C(C)N(C)C)n4ccnc(N)c34)cc2)c1. The van der Waals surface area contributed by atoms with Crippen molar-refractivity contribution in [2.45, 2.75) is 32.7 Å². The Morgan fingerprint density at radius 3 is 2.61 bits per heavy atom. The lowest BCUT2D eigenvalue weighted by molar-refractivity contribution is 0.102. The van der Waals surface area contributed by atoms with Crippen LogP contribution >= 0.6 is 0 Å². The van der Waals surface area contributed by atoms with Crippen LogP contribution in [0.1, 0.15) is 48.1 Å². The largest absolute Gasteiger partial charge is 0.382 e. The van der Waals surface area contributed by atoms with Crippen LogP contribution in [0.2, 0.25) is 0 Å². The van der Waals surface area contributed by atoms with E-state index < -0.39 is 0 Å². The van der Waals surface area contributed by atoms with Gasteiger partial charge in [0.05, 0.1) is 6.04 Å². The highest BCUT2D eigenvalue weighted by Crippen LogP contribution is 2.31. The van der Waals surface area contributed by atoms with Gasteiger partial charge in [-0.3, -0.25) is 14.1 Å². The number of rotatable bonds is 7. The molecule has 0 aliphatic carbocycles. The van der Waals surface area contributed by atoms with E-state index in [1.54, 1.807) is 24.5 Å². The summed E-state index contributed by atoms with van der Waals surface area (Å²) in [6.45, 7) is 4.21. The number of carbonyl (C=O) groups is 1. The number of nitrogen functional groups attached to an aromatic ring is 1. The number of hydrogen-bond acceptors (Lipinski definition) is 6. The summed E-state index contributed by atoms with van der Waals surface area (Å²) in [5, 5.41) is 2.88. The first-order chi connectivity index (χ1) is 15.9. The Kier molecular flexibility index (Phi) is 6.37. The van der Waals surface area contributed by atoms with E-state index in [9.17, 15) is 4.79 Å². The number of fused-ring (bicyclic) bond motifs is 1. The molecule has 8 heteroatoms. The van der Waals surface area contributed by atoms with Crippen molar-refractivity contribution in [2.24, 2.45) is 0 Å². The van der Waals surface area contributed by atoms with E-state index in [4.69, 9.17) is 10.7 Å². The van der Waals surface area contributed by atoms with Crippen molar-refractivity contribution < 1.29 is 4.79 Å². The minimum atomic E-state index is -0.208. The second-order valence-corrected chi connectivity index (χ2v) is 8.32. The number of aryl methyl sites for hydroxylation is 1. The van der Waals surface area contributed by atoms with E-state index >= 15 is 0 Å². The zero-order valence-electron chi connectivity index (χ0n) is 19.4. The highest BCUT2D eigenvalue weighted by atomic mass is 16.1. The van der Waals surface area contributed by atoms with Crippen LogP contribution in [-0.4, -0.2) is 44.3 Å². The van der Waals surface area contributed by atoms with Gasteiger partial charge in [-0.25, -0.2) is 15.0 Å². The first-order valence-electron chi connectivity index (χ1n) is 11.0. The van der Waals surface area contributed by atoms with Gasteiger partial charge in [-0.05, 0) is 57.3 Å². The maximum Gasteiger partial charge on any atom is 0.256 e. The van der Waals surface area contributed by atoms with Crippen molar-refractivity contribution in [1.82, 2.24) is 24.3 Å². The molecule has 1 amide bonds. The number of hydrogen-bond donors (Lipinski definition) is 2. The minimum absolute atomic E-state index is 0.0778. The molecule has 3 aromatic heterocycles. The van der Waals surface area contributed by atoms with Crippen LogP contribution in [0.25, 0.3) is 16.8 Å². The molecule has 8 nitrogen and oxygen atoms in total. The Labute approximate surface area is 193 Å². The standard InChI is InChI=1S/C25H29N7O/c1-5-6-17-11-12-27-20(15-17)29-25(33)19-9-7-18(8-10-19)21-22-23(26)28-13-14-32(22)24(30-21)16(2)31(3)4/h7-16H,5-6H2,1-4H3,(H2,26,28)(H,27,29,33). The molecule has 33 heavy (non-hydrogen) atoms. The summed E-state index contributed by atoms with van der Waals surface area (Å²) >= 11 is 0. The van der Waals surface area contributed by atoms with Crippen LogP contribution < -0.4 is 11.1 Å². The summed E-state index contributed by atoms with van der Waals surface area (Å²) in [6.07, 6.45) is 7.26. The van der Waals surface area contributed by atoms with Crippen LogP contribution in [0.4, 0.5) is 11.6 Å². The first-order valence-corrected chi connectivity index (χ1v) is 11.0. The summed E-state index contributed by atoms with van der Waals surface area (Å²) in [4.78, 5) is 28.3. The van der Waals surface area contributed by atoms with Gasteiger partial charge in [0.15, 0.2) is 0 Å². The summed E-state index contributed by atoms with van der Waals surface area (Å²) in [5.74, 6) is 1.63. The number of nitrogens with two attached hydrogens (primary N) is 1. The molecular weight excluding hydrogens is 414 g/mol. The molecule has 0 spiro atoms. The van der Waals surface area contributed by atoms with Gasteiger partial charge in [0, 0.05) is 29.7 Å². The Morgan fingerprint density at radius 1 is 1.15 bits per heavy atom. The third-order valence-corrected chi connectivity index (χ3v) is 5.78. The third kappa shape index (κ3) is 4.56. The van der Waals surface area contributed by atoms with Gasteiger partial charge in [-0.2, -0.15) is 0 Å². The highest BCUT2D eigenvalue weighted by Gasteiger charge is 2.21. The second-order valence-electron chi connectivity index (χ2n) is 8.32. The lowest BCUT2D eigenvalue weighted by Crippen LogP contribution is -2.19. The van der Waals surface area contributed by atoms with Gasteiger partial charge in [-0.15, -0.1) is 0 Å². The Balaban J connectivity index is 1.63. The van der Waals surface area contributed by atoms with Gasteiger partial charge in [-0.1, -0.05) is 25.5 Å². The summed E-state index contributed by atoms with van der Waals surface area (Å²) in [6, 6.07) is 11.3. The molecule has 3 heterocycles. The number of carbonyl (C=O) groups excluding carboxylic acids is 1. The molecule has 0 fully saturated rings. The first kappa shape index (κ1) is 22.4. The number of nitrogens with zero attached hydrogens (tertiary/aromatic N) is 5. The maximum absolute atomic E-state index is 12.8. The average molecular weight is 444 g/mol. The van der Waals surface area contributed by atoms with E-state index in [1.807, 2.05) is 49.0 Å². The number of amides is 1. The summed E-state index contributed by atoms with van der Waals surface area (Å²) in [7, 11) is 4.02. The van der Waals surface area contributed by atoms with E-state index in [0.717, 1.165) is 41.0 Å². The number of anilines is 2. The van der Waals surface area contributed by atoms with E-state index in [1.165, 1.54) is 0 Å². The zero-order chi connectivity index (χ0) is 23.5. The second kappa shape index (κ2) is 9.38. The van der Waals surface area contributed by atoms with E-state index in [2.05, 4.69) is 34.0 Å². The van der Waals surface area contributed by atoms with Gasteiger partial charge in [0.2, 0.25) is 0 Å². The molecule has 0 aliphatic rings. The Bertz CT molecular complexity index is 1280. The van der Waals surface area contributed by atoms with Crippen LogP contribution in [0, 0.1) is 0 Å². The number of pyridine rings is 1. The normalized spacial score (nSPS) is 12.3. The number of benzene rings is 1. The molecule has 0 bridgehead atoms. The molecule has 0 saturated carbocycles. The number of aromatic nitrogens is 4. The molecular formula is C25H29N7O. The predicted molar refractivity (Wildman–Crippen MR) is 131 cm³/mol. The van der Waals surface area contributed by atoms with Crippen molar-refractivity contribution in [1.29, 1.82) is 0 Å². The average Bonchev–Trinajstić information content (AvgIpc) is 3.20. The van der Waals surface area contributed by atoms with Gasteiger partial charge in [0.1, 0.15) is 28.7 Å². The van der Waals surface area contributed by atoms with Gasteiger partial charge in [0.25, 0.3) is 5.91 Å². The fourth-order valence-electron chi connectivity index (χ4n) is 3.77. The molecule has 0 saturated heterocycles. The molecule has 1 aromatic carbocycles. The van der Waals surface area contributed by atoms with Crippen molar-refractivity contribution in [3.05, 3.63) is 71.9 Å². The molecule has 1 atom stereocenters. The van der Waals surface area contributed by atoms with Crippen molar-refractivity contribution in [3.8, 4) is 11.3 Å². The van der Waals surface area contributed by atoms with Crippen LogP contribution in [0.3, 0.4) is 0 Å². The minimum Gasteiger partial charge on any atom is -0.382 e. The topological polar surface area (TPSA) is 101 Å². The van der Waals surface area contributed by atoms with Crippen molar-refractivity contribution in [3.63, 3.8) is 0 Å². The predicted octanol–water partition coefficient (Wildman–Crippen LogP) is 4.20. The van der Waals surface area contributed by atoms with E-state index in [-0.39, 0.29) is 11.9 Å². The highest BCUT2D eigenvalue weighted by molar-refractivity contribution is 6.04. The Hall–Kier alpha value is -3.78. The van der Waals surface area contributed by atoms with Gasteiger partial charge < -0.3 is 11.1 Å². The molecule has 170 valence electrons. The van der Waals surface area contributed by atoms with E-state index in [0.29, 0.717) is 17.2 Å². The van der Waals surface area contributed by atoms with Crippen LogP contribution in [0.15, 0.2) is 55.0 Å². The van der Waals surface area contributed by atoms with Gasteiger partial charge >= 0.3 is 0 Å². The van der Waals surface area contributed by atoms with Crippen LogP contribution in [-0.2, 0) is 6.42 Å². The lowest BCUT2D eigenvalue weighted by Gasteiger charge is -2.18. The molecule has 4 rings (SSSR count). The monoisotopic (exact) mass is 443 g/mol. The molecule has 0 aliphatic heterocycles. The smallest absolute Gasteiger partial charge is 0.256 e. The summed E-state index contributed by atoms with van der Waals surface area (Å²) in [5.41, 5.74) is 10.3. The maximum atomic E-state index is 12.8. The quantitative estimate of drug-likeness (QED) is 0.444. The fraction of sp³-hybridized carbons (Fsp3) is 0.280. The zero-order valence-corrected chi connectivity index (χ0v) is 19.4. The Morgan fingerprint density at radius 2 is 1.91 bits per heavy atom. The van der Waals surface area contributed by atoms with Crippen molar-refractivity contribution in [2.75, 3.05) is 25.1 Å².